The number of hydrogen-bond donors (Lipinski definition) is 2. The van der Waals surface area contributed by atoms with E-state index in [0.29, 0.717) is 22.9 Å². The second kappa shape index (κ2) is 8.36. The maximum absolute atomic E-state index is 12.2. The molecule has 29 heavy (non-hydrogen) atoms. The lowest BCUT2D eigenvalue weighted by molar-refractivity contribution is -0.117. The van der Waals surface area contributed by atoms with E-state index >= 15 is 0 Å². The van der Waals surface area contributed by atoms with Crippen molar-refractivity contribution in [3.8, 4) is 0 Å². The summed E-state index contributed by atoms with van der Waals surface area (Å²) in [6, 6.07) is 11.5. The Morgan fingerprint density at radius 1 is 1.21 bits per heavy atom. The fraction of sp³-hybridized carbons (Fsp3) is 0.250. The summed E-state index contributed by atoms with van der Waals surface area (Å²) in [5, 5.41) is 13.9. The van der Waals surface area contributed by atoms with Crippen LogP contribution >= 0.6 is 11.3 Å². The molecule has 1 saturated heterocycles. The van der Waals surface area contributed by atoms with E-state index in [1.54, 1.807) is 17.6 Å². The van der Waals surface area contributed by atoms with Gasteiger partial charge in [0.15, 0.2) is 0 Å². The van der Waals surface area contributed by atoms with E-state index in [-0.39, 0.29) is 17.9 Å². The first-order valence-electron chi connectivity index (χ1n) is 9.30. The molecule has 1 unspecified atom stereocenters. The van der Waals surface area contributed by atoms with Crippen molar-refractivity contribution in [2.75, 3.05) is 22.1 Å². The average Bonchev–Trinajstić information content (AvgIpc) is 3.40. The van der Waals surface area contributed by atoms with Crippen molar-refractivity contribution >= 4 is 39.8 Å². The molecule has 3 heterocycles. The zero-order valence-corrected chi connectivity index (χ0v) is 16.6. The standard InChI is InChI=1S/C20H20N6O2S/c1-13(14-4-7-16(8-5-14)26-10-2-3-18(26)27)23-17-9-6-15(11-21-17)19(28)24-20-25-22-12-29-20/h4-9,11-13H,2-3,10H2,1H3,(H,21,23)(H,24,25,28). The van der Waals surface area contributed by atoms with E-state index in [9.17, 15) is 9.59 Å². The number of aromatic nitrogens is 3. The number of amides is 2. The minimum atomic E-state index is -0.277. The van der Waals surface area contributed by atoms with Gasteiger partial charge in [-0.25, -0.2) is 4.98 Å². The maximum Gasteiger partial charge on any atom is 0.259 e. The van der Waals surface area contributed by atoms with Crippen molar-refractivity contribution < 1.29 is 9.59 Å². The predicted octanol–water partition coefficient (Wildman–Crippen LogP) is 3.49. The van der Waals surface area contributed by atoms with E-state index in [4.69, 9.17) is 0 Å². The normalized spacial score (nSPS) is 14.7. The first-order chi connectivity index (χ1) is 14.1. The third-order valence-corrected chi connectivity index (χ3v) is 5.36. The third kappa shape index (κ3) is 4.40. The number of pyridine rings is 1. The van der Waals surface area contributed by atoms with E-state index in [2.05, 4.69) is 25.8 Å². The van der Waals surface area contributed by atoms with Crippen LogP contribution in [0.5, 0.6) is 0 Å². The lowest BCUT2D eigenvalue weighted by atomic mass is 10.1. The van der Waals surface area contributed by atoms with Gasteiger partial charge in [0.1, 0.15) is 11.3 Å². The van der Waals surface area contributed by atoms with Crippen LogP contribution in [0, 0.1) is 0 Å². The largest absolute Gasteiger partial charge is 0.364 e. The van der Waals surface area contributed by atoms with Gasteiger partial charge in [-0.1, -0.05) is 23.5 Å². The van der Waals surface area contributed by atoms with Crippen molar-refractivity contribution in [2.45, 2.75) is 25.8 Å². The van der Waals surface area contributed by atoms with E-state index in [0.717, 1.165) is 24.2 Å². The molecule has 2 amide bonds. The fourth-order valence-corrected chi connectivity index (χ4v) is 3.62. The van der Waals surface area contributed by atoms with Gasteiger partial charge in [-0.15, -0.1) is 10.2 Å². The molecule has 3 aromatic rings. The van der Waals surface area contributed by atoms with Crippen molar-refractivity contribution in [2.24, 2.45) is 0 Å². The summed E-state index contributed by atoms with van der Waals surface area (Å²) in [5.41, 5.74) is 4.02. The zero-order chi connectivity index (χ0) is 20.2. The van der Waals surface area contributed by atoms with Crippen molar-refractivity contribution in [3.05, 3.63) is 59.2 Å². The summed E-state index contributed by atoms with van der Waals surface area (Å²) in [4.78, 5) is 30.2. The molecule has 8 nitrogen and oxygen atoms in total. The van der Waals surface area contributed by atoms with Crippen LogP contribution < -0.4 is 15.5 Å². The topological polar surface area (TPSA) is 100 Å². The predicted molar refractivity (Wildman–Crippen MR) is 112 cm³/mol. The number of carbonyl (C=O) groups excluding carboxylic acids is 2. The molecule has 4 rings (SSSR count). The summed E-state index contributed by atoms with van der Waals surface area (Å²) in [5.74, 6) is 0.577. The van der Waals surface area contributed by atoms with Gasteiger partial charge in [0.25, 0.3) is 5.91 Å². The number of nitrogens with zero attached hydrogens (tertiary/aromatic N) is 4. The van der Waals surface area contributed by atoms with Crippen molar-refractivity contribution in [3.63, 3.8) is 0 Å². The Morgan fingerprint density at radius 3 is 2.66 bits per heavy atom. The van der Waals surface area contributed by atoms with Gasteiger partial charge in [0.2, 0.25) is 11.0 Å². The molecule has 1 aromatic carbocycles. The molecule has 1 aliphatic rings. The minimum absolute atomic E-state index is 0.0203. The van der Waals surface area contributed by atoms with Crippen LogP contribution in [-0.4, -0.2) is 33.5 Å². The Morgan fingerprint density at radius 2 is 2.03 bits per heavy atom. The van der Waals surface area contributed by atoms with Crippen LogP contribution in [0.25, 0.3) is 0 Å². The van der Waals surface area contributed by atoms with E-state index in [1.807, 2.05) is 36.1 Å². The van der Waals surface area contributed by atoms with Crippen LogP contribution in [0.2, 0.25) is 0 Å². The highest BCUT2D eigenvalue weighted by Gasteiger charge is 2.21. The number of anilines is 3. The molecule has 2 N–H and O–H groups in total. The number of nitrogens with one attached hydrogen (secondary N) is 2. The van der Waals surface area contributed by atoms with Crippen LogP contribution in [0.1, 0.15) is 41.7 Å². The number of hydrogen-bond acceptors (Lipinski definition) is 7. The summed E-state index contributed by atoms with van der Waals surface area (Å²) < 4.78 is 0. The highest BCUT2D eigenvalue weighted by molar-refractivity contribution is 7.13. The lowest BCUT2D eigenvalue weighted by Gasteiger charge is -2.18. The van der Waals surface area contributed by atoms with Crippen LogP contribution in [-0.2, 0) is 4.79 Å². The molecule has 2 aromatic heterocycles. The quantitative estimate of drug-likeness (QED) is 0.648. The van der Waals surface area contributed by atoms with Gasteiger partial charge in [-0.2, -0.15) is 0 Å². The molecule has 1 atom stereocenters. The van der Waals surface area contributed by atoms with Crippen LogP contribution in [0.3, 0.4) is 0 Å². The van der Waals surface area contributed by atoms with Gasteiger partial charge in [-0.05, 0) is 43.2 Å². The minimum Gasteiger partial charge on any atom is -0.364 e. The van der Waals surface area contributed by atoms with Gasteiger partial charge in [0, 0.05) is 30.9 Å². The highest BCUT2D eigenvalue weighted by atomic mass is 32.1. The van der Waals surface area contributed by atoms with Crippen LogP contribution in [0.15, 0.2) is 48.1 Å². The molecule has 1 fully saturated rings. The summed E-state index contributed by atoms with van der Waals surface area (Å²) in [7, 11) is 0. The van der Waals surface area contributed by atoms with Gasteiger partial charge in [0.05, 0.1) is 5.56 Å². The molecular formula is C20H20N6O2S. The Bertz CT molecular complexity index is 989. The van der Waals surface area contributed by atoms with Gasteiger partial charge in [-0.3, -0.25) is 14.9 Å². The number of benzene rings is 1. The first kappa shape index (κ1) is 19.0. The summed E-state index contributed by atoms with van der Waals surface area (Å²) in [6.45, 7) is 2.82. The average molecular weight is 408 g/mol. The molecule has 0 aliphatic carbocycles. The maximum atomic E-state index is 12.2. The fourth-order valence-electron chi connectivity index (χ4n) is 3.18. The summed E-state index contributed by atoms with van der Waals surface area (Å²) in [6.07, 6.45) is 3.06. The molecule has 148 valence electrons. The molecule has 9 heteroatoms. The van der Waals surface area contributed by atoms with Crippen molar-refractivity contribution in [1.29, 1.82) is 0 Å². The molecular weight excluding hydrogens is 388 g/mol. The first-order valence-corrected chi connectivity index (χ1v) is 10.2. The zero-order valence-electron chi connectivity index (χ0n) is 15.8. The monoisotopic (exact) mass is 408 g/mol. The smallest absolute Gasteiger partial charge is 0.259 e. The van der Waals surface area contributed by atoms with E-state index < -0.39 is 0 Å². The number of rotatable bonds is 6. The molecule has 0 bridgehead atoms. The Hall–Kier alpha value is -3.33. The highest BCUT2D eigenvalue weighted by Crippen LogP contribution is 2.25. The summed E-state index contributed by atoms with van der Waals surface area (Å²) >= 11 is 1.26. The molecule has 0 spiro atoms. The van der Waals surface area contributed by atoms with Gasteiger partial charge >= 0.3 is 0 Å². The Kier molecular flexibility index (Phi) is 5.48. The lowest BCUT2D eigenvalue weighted by Crippen LogP contribution is -2.23. The number of carbonyl (C=O) groups is 2. The van der Waals surface area contributed by atoms with Gasteiger partial charge < -0.3 is 10.2 Å². The second-order valence-corrected chi connectivity index (χ2v) is 7.57. The molecule has 1 aliphatic heterocycles. The molecule has 0 saturated carbocycles. The Balaban J connectivity index is 1.37. The van der Waals surface area contributed by atoms with E-state index in [1.165, 1.54) is 17.5 Å². The SMILES string of the molecule is CC(Nc1ccc(C(=O)Nc2nncs2)cn1)c1ccc(N2CCCC2=O)cc1. The van der Waals surface area contributed by atoms with Crippen molar-refractivity contribution in [1.82, 2.24) is 15.2 Å². The third-order valence-electron chi connectivity index (χ3n) is 4.75. The Labute approximate surface area is 172 Å². The second-order valence-electron chi connectivity index (χ2n) is 6.74. The van der Waals surface area contributed by atoms with Crippen LogP contribution in [0.4, 0.5) is 16.6 Å². The molecule has 0 radical (unpaired) electrons.